The molecule has 4 nitrogen and oxygen atoms in total. The lowest BCUT2D eigenvalue weighted by atomic mass is 9.93. The van der Waals surface area contributed by atoms with Gasteiger partial charge < -0.3 is 9.64 Å². The molecule has 2 aliphatic rings. The Morgan fingerprint density at radius 1 is 1.09 bits per heavy atom. The summed E-state index contributed by atoms with van der Waals surface area (Å²) in [5.41, 5.74) is 2.12. The van der Waals surface area contributed by atoms with Crippen LogP contribution >= 0.6 is 0 Å². The van der Waals surface area contributed by atoms with Gasteiger partial charge >= 0.3 is 0 Å². The first-order valence-electron chi connectivity index (χ1n) is 8.64. The van der Waals surface area contributed by atoms with Crippen LogP contribution in [0.2, 0.25) is 0 Å². The van der Waals surface area contributed by atoms with Gasteiger partial charge in [-0.2, -0.15) is 0 Å². The number of fused-ring (bicyclic) bond motifs is 1. The van der Waals surface area contributed by atoms with Crippen molar-refractivity contribution in [1.82, 2.24) is 9.97 Å². The molecule has 0 bridgehead atoms. The van der Waals surface area contributed by atoms with E-state index in [1.54, 1.807) is 6.33 Å². The quantitative estimate of drug-likeness (QED) is 0.801. The van der Waals surface area contributed by atoms with Gasteiger partial charge in [0.25, 0.3) is 0 Å². The molecule has 1 aromatic carbocycles. The average Bonchev–Trinajstić information content (AvgIpc) is 2.92. The fraction of sp³-hybridized carbons (Fsp3) is 0.579. The van der Waals surface area contributed by atoms with Crippen molar-refractivity contribution in [1.29, 1.82) is 0 Å². The molecule has 2 fully saturated rings. The average molecular weight is 311 g/mol. The number of hydrogen-bond donors (Lipinski definition) is 0. The summed E-state index contributed by atoms with van der Waals surface area (Å²) >= 11 is 0. The van der Waals surface area contributed by atoms with Gasteiger partial charge in [0.15, 0.2) is 0 Å². The Bertz CT molecular complexity index is 729. The molecule has 2 aromatic rings. The number of rotatable bonds is 1. The summed E-state index contributed by atoms with van der Waals surface area (Å²) in [4.78, 5) is 11.6. The van der Waals surface area contributed by atoms with Crippen LogP contribution in [0.3, 0.4) is 0 Å². The van der Waals surface area contributed by atoms with E-state index in [-0.39, 0.29) is 11.2 Å². The molecule has 4 heteroatoms. The van der Waals surface area contributed by atoms with Crippen LogP contribution in [0.1, 0.15) is 45.1 Å². The summed E-state index contributed by atoms with van der Waals surface area (Å²) in [5, 5.41) is 1.18. The predicted molar refractivity (Wildman–Crippen MR) is 92.9 cm³/mol. The molecule has 0 N–H and O–H groups in total. The molecule has 1 aliphatic heterocycles. The lowest BCUT2D eigenvalue weighted by Crippen LogP contribution is -2.59. The number of aromatic nitrogens is 2. The second-order valence-corrected chi connectivity index (χ2v) is 7.77. The highest BCUT2D eigenvalue weighted by Gasteiger charge is 2.46. The number of ether oxygens (including phenoxy) is 1. The number of nitrogens with zero attached hydrogens (tertiary/aromatic N) is 3. The van der Waals surface area contributed by atoms with E-state index in [1.165, 1.54) is 23.8 Å². The zero-order valence-electron chi connectivity index (χ0n) is 14.3. The Kier molecular flexibility index (Phi) is 3.34. The summed E-state index contributed by atoms with van der Waals surface area (Å²) in [5.74, 6) is 1.07. The van der Waals surface area contributed by atoms with Crippen molar-refractivity contribution in [3.63, 3.8) is 0 Å². The number of hydrogen-bond acceptors (Lipinski definition) is 4. The number of morpholine rings is 1. The largest absolute Gasteiger partial charge is 0.365 e. The molecule has 0 unspecified atom stereocenters. The molecule has 23 heavy (non-hydrogen) atoms. The van der Waals surface area contributed by atoms with Crippen molar-refractivity contribution in [3.05, 3.63) is 30.1 Å². The first-order chi connectivity index (χ1) is 11.0. The zero-order chi connectivity index (χ0) is 16.1. The van der Waals surface area contributed by atoms with Crippen LogP contribution in [-0.2, 0) is 4.74 Å². The van der Waals surface area contributed by atoms with Gasteiger partial charge in [0.1, 0.15) is 12.1 Å². The highest BCUT2D eigenvalue weighted by molar-refractivity contribution is 5.92. The lowest BCUT2D eigenvalue weighted by Gasteiger charge is -2.49. The standard InChI is InChI=1S/C19H25N3O/c1-14-7-6-8-15-16(14)17(21-13-20-15)22-11-18(2,3)23-19(12-22)9-4-5-10-19/h6-8,13H,4-5,9-12H2,1-3H3. The summed E-state index contributed by atoms with van der Waals surface area (Å²) in [7, 11) is 0. The van der Waals surface area contributed by atoms with Gasteiger partial charge in [0.2, 0.25) is 0 Å². The van der Waals surface area contributed by atoms with Gasteiger partial charge in [-0.05, 0) is 45.2 Å². The molecule has 1 saturated carbocycles. The third kappa shape index (κ3) is 2.59. The molecule has 4 rings (SSSR count). The third-order valence-corrected chi connectivity index (χ3v) is 5.21. The van der Waals surface area contributed by atoms with E-state index in [1.807, 2.05) is 0 Å². The highest BCUT2D eigenvalue weighted by Crippen LogP contribution is 2.42. The number of benzene rings is 1. The Morgan fingerprint density at radius 2 is 1.87 bits per heavy atom. The minimum Gasteiger partial charge on any atom is -0.365 e. The van der Waals surface area contributed by atoms with Crippen molar-refractivity contribution in [3.8, 4) is 0 Å². The monoisotopic (exact) mass is 311 g/mol. The first-order valence-corrected chi connectivity index (χ1v) is 8.64. The fourth-order valence-corrected chi connectivity index (χ4v) is 4.44. The topological polar surface area (TPSA) is 38.2 Å². The summed E-state index contributed by atoms with van der Waals surface area (Å²) in [6.45, 7) is 8.36. The van der Waals surface area contributed by atoms with E-state index in [2.05, 4.69) is 53.8 Å². The molecule has 0 amide bonds. The second-order valence-electron chi connectivity index (χ2n) is 7.77. The summed E-state index contributed by atoms with van der Waals surface area (Å²) < 4.78 is 6.53. The molecule has 2 heterocycles. The van der Waals surface area contributed by atoms with Crippen LogP contribution in [0.5, 0.6) is 0 Å². The minimum atomic E-state index is -0.150. The maximum Gasteiger partial charge on any atom is 0.140 e. The van der Waals surface area contributed by atoms with Gasteiger partial charge in [-0.25, -0.2) is 9.97 Å². The van der Waals surface area contributed by atoms with Crippen molar-refractivity contribution in [2.24, 2.45) is 0 Å². The minimum absolute atomic E-state index is 0.00169. The smallest absolute Gasteiger partial charge is 0.140 e. The number of anilines is 1. The van der Waals surface area contributed by atoms with Crippen LogP contribution in [-0.4, -0.2) is 34.3 Å². The van der Waals surface area contributed by atoms with Crippen LogP contribution in [0, 0.1) is 6.92 Å². The molecule has 1 aliphatic carbocycles. The maximum absolute atomic E-state index is 6.53. The molecule has 122 valence electrons. The molecule has 1 spiro atoms. The van der Waals surface area contributed by atoms with E-state index < -0.39 is 0 Å². The number of aryl methyl sites for hydroxylation is 1. The van der Waals surface area contributed by atoms with Gasteiger partial charge in [-0.15, -0.1) is 0 Å². The normalized spacial score (nSPS) is 22.8. The predicted octanol–water partition coefficient (Wildman–Crippen LogP) is 3.87. The van der Waals surface area contributed by atoms with Gasteiger partial charge in [0, 0.05) is 18.5 Å². The van der Waals surface area contributed by atoms with Gasteiger partial charge in [-0.3, -0.25) is 0 Å². The van der Waals surface area contributed by atoms with Crippen LogP contribution in [0.15, 0.2) is 24.5 Å². The Labute approximate surface area is 137 Å². The van der Waals surface area contributed by atoms with Crippen molar-refractivity contribution in [2.45, 2.75) is 57.7 Å². The van der Waals surface area contributed by atoms with Crippen molar-refractivity contribution >= 4 is 16.7 Å². The van der Waals surface area contributed by atoms with Gasteiger partial charge in [-0.1, -0.05) is 25.0 Å². The molecule has 1 aromatic heterocycles. The van der Waals surface area contributed by atoms with Crippen LogP contribution in [0.4, 0.5) is 5.82 Å². The Hall–Kier alpha value is -1.68. The van der Waals surface area contributed by atoms with Crippen molar-refractivity contribution in [2.75, 3.05) is 18.0 Å². The fourth-order valence-electron chi connectivity index (χ4n) is 4.44. The zero-order valence-corrected chi connectivity index (χ0v) is 14.3. The molecule has 1 saturated heterocycles. The summed E-state index contributed by atoms with van der Waals surface area (Å²) in [6.07, 6.45) is 6.56. The maximum atomic E-state index is 6.53. The van der Waals surface area contributed by atoms with E-state index >= 15 is 0 Å². The summed E-state index contributed by atoms with van der Waals surface area (Å²) in [6, 6.07) is 6.28. The Balaban J connectivity index is 1.80. The van der Waals surface area contributed by atoms with E-state index in [0.717, 1.165) is 37.3 Å². The van der Waals surface area contributed by atoms with Crippen molar-refractivity contribution < 1.29 is 4.74 Å². The third-order valence-electron chi connectivity index (χ3n) is 5.21. The highest BCUT2D eigenvalue weighted by atomic mass is 16.5. The van der Waals surface area contributed by atoms with E-state index in [0.29, 0.717) is 0 Å². The van der Waals surface area contributed by atoms with Crippen LogP contribution in [0.25, 0.3) is 10.9 Å². The Morgan fingerprint density at radius 3 is 2.65 bits per heavy atom. The lowest BCUT2D eigenvalue weighted by molar-refractivity contribution is -0.148. The van der Waals surface area contributed by atoms with E-state index in [4.69, 9.17) is 4.74 Å². The van der Waals surface area contributed by atoms with Crippen LogP contribution < -0.4 is 4.90 Å². The SMILES string of the molecule is Cc1cccc2ncnc(N3CC(C)(C)OC4(CCCC4)C3)c12. The van der Waals surface area contributed by atoms with E-state index in [9.17, 15) is 0 Å². The molecular weight excluding hydrogens is 286 g/mol. The van der Waals surface area contributed by atoms with Gasteiger partial charge in [0.05, 0.1) is 16.7 Å². The second kappa shape index (κ2) is 5.17. The molecular formula is C19H25N3O. The molecule has 0 atom stereocenters. The molecule has 0 radical (unpaired) electrons. The first kappa shape index (κ1) is 14.9.